The summed E-state index contributed by atoms with van der Waals surface area (Å²) in [5.74, 6) is 0.722. The summed E-state index contributed by atoms with van der Waals surface area (Å²) in [4.78, 5) is 11.2. The van der Waals surface area contributed by atoms with Crippen LogP contribution in [0.4, 0.5) is 0 Å². The van der Waals surface area contributed by atoms with Crippen LogP contribution in [0.1, 0.15) is 50.3 Å². The van der Waals surface area contributed by atoms with E-state index < -0.39 is 0 Å². The summed E-state index contributed by atoms with van der Waals surface area (Å²) in [6.45, 7) is 0.770. The van der Waals surface area contributed by atoms with Gasteiger partial charge < -0.3 is 10.6 Å². The minimum atomic E-state index is 0.277. The highest BCUT2D eigenvalue weighted by atomic mass is 32.1. The van der Waals surface area contributed by atoms with E-state index >= 15 is 0 Å². The van der Waals surface area contributed by atoms with Gasteiger partial charge in [-0.05, 0) is 12.8 Å². The highest BCUT2D eigenvalue weighted by Gasteiger charge is 2.34. The maximum absolute atomic E-state index is 6.11. The van der Waals surface area contributed by atoms with Crippen molar-refractivity contribution in [3.63, 3.8) is 0 Å². The van der Waals surface area contributed by atoms with Crippen molar-refractivity contribution < 1.29 is 0 Å². The lowest BCUT2D eigenvalue weighted by Crippen LogP contribution is -2.43. The van der Waals surface area contributed by atoms with Crippen LogP contribution in [0.2, 0.25) is 0 Å². The number of aromatic nitrogens is 1. The SMILES string of the molecule is NC1=NCC(c2cscn2)N1C1CCCCCC1. The fourth-order valence-electron chi connectivity index (χ4n) is 3.11. The molecule has 0 radical (unpaired) electrons. The van der Waals surface area contributed by atoms with E-state index in [4.69, 9.17) is 5.73 Å². The summed E-state index contributed by atoms with van der Waals surface area (Å²) in [7, 11) is 0. The van der Waals surface area contributed by atoms with Gasteiger partial charge in [0.25, 0.3) is 0 Å². The van der Waals surface area contributed by atoms with Crippen LogP contribution in [0.5, 0.6) is 0 Å². The summed E-state index contributed by atoms with van der Waals surface area (Å²) >= 11 is 1.65. The fourth-order valence-corrected chi connectivity index (χ4v) is 3.71. The van der Waals surface area contributed by atoms with Gasteiger partial charge >= 0.3 is 0 Å². The minimum Gasteiger partial charge on any atom is -0.370 e. The van der Waals surface area contributed by atoms with Crippen molar-refractivity contribution in [3.05, 3.63) is 16.6 Å². The van der Waals surface area contributed by atoms with Gasteiger partial charge in [0.2, 0.25) is 0 Å². The minimum absolute atomic E-state index is 0.277. The van der Waals surface area contributed by atoms with Crippen LogP contribution in [0, 0.1) is 0 Å². The third kappa shape index (κ3) is 2.23. The molecule has 3 rings (SSSR count). The van der Waals surface area contributed by atoms with Gasteiger partial charge in [-0.15, -0.1) is 11.3 Å². The van der Waals surface area contributed by atoms with Crippen molar-refractivity contribution in [1.29, 1.82) is 0 Å². The Hall–Kier alpha value is -1.10. The molecule has 0 saturated heterocycles. The second kappa shape index (κ2) is 5.26. The molecule has 1 aromatic rings. The van der Waals surface area contributed by atoms with Crippen LogP contribution in [0.15, 0.2) is 15.9 Å². The number of thiazole rings is 1. The number of nitrogens with two attached hydrogens (primary N) is 1. The number of nitrogens with zero attached hydrogens (tertiary/aromatic N) is 3. The normalized spacial score (nSPS) is 26.1. The number of hydrogen-bond acceptors (Lipinski definition) is 5. The average molecular weight is 264 g/mol. The Morgan fingerprint density at radius 2 is 2.00 bits per heavy atom. The molecule has 0 bridgehead atoms. The topological polar surface area (TPSA) is 54.5 Å². The van der Waals surface area contributed by atoms with Crippen molar-refractivity contribution in [2.24, 2.45) is 10.7 Å². The average Bonchev–Trinajstić information content (AvgIpc) is 2.93. The maximum atomic E-state index is 6.11. The molecule has 4 nitrogen and oxygen atoms in total. The van der Waals surface area contributed by atoms with Crippen molar-refractivity contribution in [2.75, 3.05) is 6.54 Å². The van der Waals surface area contributed by atoms with Gasteiger partial charge in [0.05, 0.1) is 23.8 Å². The summed E-state index contributed by atoms with van der Waals surface area (Å²) < 4.78 is 0. The van der Waals surface area contributed by atoms with Crippen LogP contribution in [-0.4, -0.2) is 28.4 Å². The Balaban J connectivity index is 1.80. The second-order valence-electron chi connectivity index (χ2n) is 5.18. The summed E-state index contributed by atoms with van der Waals surface area (Å²) in [6, 6.07) is 0.838. The molecule has 1 aliphatic heterocycles. The van der Waals surface area contributed by atoms with E-state index in [1.54, 1.807) is 11.3 Å². The van der Waals surface area contributed by atoms with E-state index in [2.05, 4.69) is 20.3 Å². The molecule has 2 N–H and O–H groups in total. The molecule has 0 aromatic carbocycles. The van der Waals surface area contributed by atoms with Gasteiger partial charge in [0, 0.05) is 11.4 Å². The van der Waals surface area contributed by atoms with E-state index in [0.717, 1.165) is 18.2 Å². The van der Waals surface area contributed by atoms with Crippen LogP contribution < -0.4 is 5.73 Å². The predicted octanol–water partition coefficient (Wildman–Crippen LogP) is 2.54. The Morgan fingerprint density at radius 1 is 1.22 bits per heavy atom. The third-order valence-electron chi connectivity index (χ3n) is 4.04. The molecule has 1 atom stereocenters. The molecule has 1 saturated carbocycles. The molecule has 1 unspecified atom stereocenters. The summed E-state index contributed by atoms with van der Waals surface area (Å²) in [5.41, 5.74) is 9.14. The first-order valence-electron chi connectivity index (χ1n) is 6.82. The zero-order valence-electron chi connectivity index (χ0n) is 10.6. The Labute approximate surface area is 112 Å². The number of guanidine groups is 1. The smallest absolute Gasteiger partial charge is 0.192 e. The maximum Gasteiger partial charge on any atom is 0.192 e. The fraction of sp³-hybridized carbons (Fsp3) is 0.692. The van der Waals surface area contributed by atoms with Crippen LogP contribution >= 0.6 is 11.3 Å². The number of aliphatic imine (C=N–C) groups is 1. The van der Waals surface area contributed by atoms with Crippen molar-refractivity contribution >= 4 is 17.3 Å². The molecular formula is C13H20N4S. The second-order valence-corrected chi connectivity index (χ2v) is 5.90. The molecule has 1 aromatic heterocycles. The van der Waals surface area contributed by atoms with E-state index in [1.807, 2.05) is 5.51 Å². The van der Waals surface area contributed by atoms with E-state index in [-0.39, 0.29) is 6.04 Å². The van der Waals surface area contributed by atoms with Crippen molar-refractivity contribution in [1.82, 2.24) is 9.88 Å². The monoisotopic (exact) mass is 264 g/mol. The quantitative estimate of drug-likeness (QED) is 0.835. The molecule has 2 heterocycles. The van der Waals surface area contributed by atoms with E-state index in [0.29, 0.717) is 6.04 Å². The number of hydrogen-bond donors (Lipinski definition) is 1. The van der Waals surface area contributed by atoms with Gasteiger partial charge in [0.15, 0.2) is 5.96 Å². The van der Waals surface area contributed by atoms with Crippen LogP contribution in [-0.2, 0) is 0 Å². The highest BCUT2D eigenvalue weighted by molar-refractivity contribution is 7.07. The summed E-state index contributed by atoms with van der Waals surface area (Å²) in [6.07, 6.45) is 7.86. The standard InChI is InChI=1S/C13H20N4S/c14-13-15-7-12(11-8-18-9-16-11)17(13)10-5-3-1-2-4-6-10/h8-10,12H,1-7H2,(H2,14,15). The zero-order chi connectivity index (χ0) is 12.4. The predicted molar refractivity (Wildman–Crippen MR) is 74.7 cm³/mol. The first-order chi connectivity index (χ1) is 8.86. The van der Waals surface area contributed by atoms with Crippen LogP contribution in [0.25, 0.3) is 0 Å². The van der Waals surface area contributed by atoms with E-state index in [1.165, 1.54) is 38.5 Å². The molecule has 18 heavy (non-hydrogen) atoms. The number of rotatable bonds is 2. The van der Waals surface area contributed by atoms with Gasteiger partial charge in [-0.2, -0.15) is 0 Å². The van der Waals surface area contributed by atoms with Gasteiger partial charge in [-0.1, -0.05) is 25.7 Å². The molecule has 98 valence electrons. The zero-order valence-corrected chi connectivity index (χ0v) is 11.4. The van der Waals surface area contributed by atoms with Gasteiger partial charge in [-0.25, -0.2) is 4.98 Å². The molecular weight excluding hydrogens is 244 g/mol. The summed E-state index contributed by atoms with van der Waals surface area (Å²) in [5, 5.41) is 2.13. The van der Waals surface area contributed by atoms with Crippen molar-refractivity contribution in [2.45, 2.75) is 50.6 Å². The van der Waals surface area contributed by atoms with Crippen LogP contribution in [0.3, 0.4) is 0 Å². The van der Waals surface area contributed by atoms with Crippen molar-refractivity contribution in [3.8, 4) is 0 Å². The first kappa shape index (κ1) is 12.0. The highest BCUT2D eigenvalue weighted by Crippen LogP contribution is 2.32. The molecule has 0 amide bonds. The molecule has 1 aliphatic carbocycles. The largest absolute Gasteiger partial charge is 0.370 e. The third-order valence-corrected chi connectivity index (χ3v) is 4.64. The lowest BCUT2D eigenvalue weighted by Gasteiger charge is -2.33. The molecule has 1 fully saturated rings. The first-order valence-corrected chi connectivity index (χ1v) is 7.77. The molecule has 0 spiro atoms. The van der Waals surface area contributed by atoms with Gasteiger partial charge in [0.1, 0.15) is 0 Å². The molecule has 5 heteroatoms. The lowest BCUT2D eigenvalue weighted by atomic mass is 10.0. The Bertz CT molecular complexity index is 407. The molecule has 2 aliphatic rings. The van der Waals surface area contributed by atoms with E-state index in [9.17, 15) is 0 Å². The van der Waals surface area contributed by atoms with Gasteiger partial charge in [-0.3, -0.25) is 4.99 Å². The Kier molecular flexibility index (Phi) is 3.50. The Morgan fingerprint density at radius 3 is 2.67 bits per heavy atom. The lowest BCUT2D eigenvalue weighted by molar-refractivity contribution is 0.234.